The molecule has 1 heterocycles. The van der Waals surface area contributed by atoms with Crippen molar-refractivity contribution in [3.63, 3.8) is 0 Å². The molecule has 1 atom stereocenters. The zero-order valence-electron chi connectivity index (χ0n) is 11.8. The summed E-state index contributed by atoms with van der Waals surface area (Å²) >= 11 is 0. The Balaban J connectivity index is 1.82. The fourth-order valence-electron chi connectivity index (χ4n) is 1.82. The first-order chi connectivity index (χ1) is 8.95. The van der Waals surface area contributed by atoms with Crippen LogP contribution >= 0.6 is 0 Å². The molecule has 0 spiro atoms. The Hall–Kier alpha value is -1.55. The van der Waals surface area contributed by atoms with Gasteiger partial charge in [0.1, 0.15) is 11.9 Å². The Morgan fingerprint density at radius 3 is 2.58 bits per heavy atom. The third kappa shape index (κ3) is 3.96. The van der Waals surface area contributed by atoms with E-state index >= 15 is 0 Å². The maximum absolute atomic E-state index is 11.8. The maximum atomic E-state index is 11.8. The Morgan fingerprint density at radius 1 is 1.26 bits per heavy atom. The average Bonchev–Trinajstić information content (AvgIpc) is 2.76. The predicted molar refractivity (Wildman–Crippen MR) is 72.6 cm³/mol. The minimum absolute atomic E-state index is 0.0789. The van der Waals surface area contributed by atoms with E-state index in [0.717, 1.165) is 18.7 Å². The normalized spacial score (nSPS) is 20.3. The SMILES string of the molecule is CC(C)(C)C(=O)ON1CC[C@@H](Oc2ccccc2)C1. The van der Waals surface area contributed by atoms with Gasteiger partial charge in [0.2, 0.25) is 0 Å². The molecule has 0 amide bonds. The number of para-hydroxylation sites is 1. The van der Waals surface area contributed by atoms with E-state index < -0.39 is 5.41 Å². The topological polar surface area (TPSA) is 38.8 Å². The lowest BCUT2D eigenvalue weighted by molar-refractivity contribution is -0.196. The molecule has 0 unspecified atom stereocenters. The smallest absolute Gasteiger partial charge is 0.330 e. The van der Waals surface area contributed by atoms with Gasteiger partial charge in [0.25, 0.3) is 0 Å². The molecule has 104 valence electrons. The zero-order valence-corrected chi connectivity index (χ0v) is 11.8. The van der Waals surface area contributed by atoms with Crippen LogP contribution in [0.3, 0.4) is 0 Å². The van der Waals surface area contributed by atoms with Crippen molar-refractivity contribution in [2.24, 2.45) is 5.41 Å². The van der Waals surface area contributed by atoms with Crippen molar-refractivity contribution < 1.29 is 14.4 Å². The van der Waals surface area contributed by atoms with Gasteiger partial charge < -0.3 is 9.57 Å². The molecule has 0 aromatic heterocycles. The fourth-order valence-corrected chi connectivity index (χ4v) is 1.82. The van der Waals surface area contributed by atoms with Crippen molar-refractivity contribution in [2.45, 2.75) is 33.3 Å². The van der Waals surface area contributed by atoms with E-state index in [4.69, 9.17) is 9.57 Å². The molecule has 1 fully saturated rings. The van der Waals surface area contributed by atoms with Crippen LogP contribution in [0.2, 0.25) is 0 Å². The third-order valence-electron chi connectivity index (χ3n) is 2.98. The van der Waals surface area contributed by atoms with E-state index in [0.29, 0.717) is 6.54 Å². The number of hydrogen-bond acceptors (Lipinski definition) is 4. The molecule has 4 nitrogen and oxygen atoms in total. The number of hydroxylamine groups is 2. The minimum atomic E-state index is -0.474. The van der Waals surface area contributed by atoms with Gasteiger partial charge >= 0.3 is 5.97 Å². The van der Waals surface area contributed by atoms with Gasteiger partial charge in [-0.3, -0.25) is 0 Å². The second kappa shape index (κ2) is 5.61. The van der Waals surface area contributed by atoms with Crippen LogP contribution in [-0.2, 0) is 9.63 Å². The summed E-state index contributed by atoms with van der Waals surface area (Å²) < 4.78 is 5.84. The lowest BCUT2D eigenvalue weighted by Gasteiger charge is -2.21. The summed E-state index contributed by atoms with van der Waals surface area (Å²) in [5.74, 6) is 0.657. The number of nitrogens with zero attached hydrogens (tertiary/aromatic N) is 1. The average molecular weight is 263 g/mol. The first-order valence-electron chi connectivity index (χ1n) is 6.64. The Kier molecular flexibility index (Phi) is 4.10. The van der Waals surface area contributed by atoms with Crippen molar-refractivity contribution >= 4 is 5.97 Å². The molecule has 0 N–H and O–H groups in total. The highest BCUT2D eigenvalue weighted by Gasteiger charge is 2.31. The molecule has 4 heteroatoms. The van der Waals surface area contributed by atoms with Gasteiger partial charge in [0.05, 0.1) is 12.0 Å². The van der Waals surface area contributed by atoms with Crippen LogP contribution in [0, 0.1) is 5.41 Å². The molecule has 0 bridgehead atoms. The van der Waals surface area contributed by atoms with Gasteiger partial charge in [0.15, 0.2) is 0 Å². The summed E-state index contributed by atoms with van der Waals surface area (Å²) in [7, 11) is 0. The molecule has 0 radical (unpaired) electrons. The molecular formula is C15H21NO3. The van der Waals surface area contributed by atoms with Gasteiger partial charge in [0, 0.05) is 13.0 Å². The van der Waals surface area contributed by atoms with E-state index in [-0.39, 0.29) is 12.1 Å². The summed E-state index contributed by atoms with van der Waals surface area (Å²) in [6, 6.07) is 9.72. The van der Waals surface area contributed by atoms with Crippen LogP contribution in [0.25, 0.3) is 0 Å². The quantitative estimate of drug-likeness (QED) is 0.840. The number of ether oxygens (including phenoxy) is 1. The summed E-state index contributed by atoms with van der Waals surface area (Å²) in [6.45, 7) is 6.89. The molecule has 1 saturated heterocycles. The lowest BCUT2D eigenvalue weighted by Crippen LogP contribution is -2.33. The van der Waals surface area contributed by atoms with Crippen molar-refractivity contribution in [1.82, 2.24) is 5.06 Å². The highest BCUT2D eigenvalue weighted by atomic mass is 16.7. The third-order valence-corrected chi connectivity index (χ3v) is 2.98. The first-order valence-corrected chi connectivity index (χ1v) is 6.64. The number of benzene rings is 1. The highest BCUT2D eigenvalue weighted by Crippen LogP contribution is 2.21. The molecule has 1 aromatic rings. The van der Waals surface area contributed by atoms with E-state index in [1.54, 1.807) is 5.06 Å². The predicted octanol–water partition coefficient (Wildman–Crippen LogP) is 2.64. The second-order valence-electron chi connectivity index (χ2n) is 5.86. The standard InChI is InChI=1S/C15H21NO3/c1-15(2,3)14(17)19-16-10-9-13(11-16)18-12-7-5-4-6-8-12/h4-8,13H,9-11H2,1-3H3/t13-/m1/s1. The summed E-state index contributed by atoms with van der Waals surface area (Å²) in [5.41, 5.74) is -0.474. The number of hydrogen-bond donors (Lipinski definition) is 0. The number of carbonyl (C=O) groups is 1. The molecular weight excluding hydrogens is 242 g/mol. The molecule has 2 rings (SSSR count). The van der Waals surface area contributed by atoms with E-state index in [2.05, 4.69) is 0 Å². The second-order valence-corrected chi connectivity index (χ2v) is 5.86. The van der Waals surface area contributed by atoms with Crippen LogP contribution in [0.5, 0.6) is 5.75 Å². The Labute approximate surface area is 114 Å². The van der Waals surface area contributed by atoms with Gasteiger partial charge in [-0.2, -0.15) is 0 Å². The van der Waals surface area contributed by atoms with Crippen LogP contribution in [0.15, 0.2) is 30.3 Å². The molecule has 0 saturated carbocycles. The number of carbonyl (C=O) groups excluding carboxylic acids is 1. The minimum Gasteiger partial charge on any atom is -0.489 e. The van der Waals surface area contributed by atoms with E-state index in [1.807, 2.05) is 51.1 Å². The van der Waals surface area contributed by atoms with E-state index in [9.17, 15) is 4.79 Å². The van der Waals surface area contributed by atoms with Gasteiger partial charge in [-0.15, -0.1) is 5.06 Å². The van der Waals surface area contributed by atoms with Crippen molar-refractivity contribution in [1.29, 1.82) is 0 Å². The molecule has 0 aliphatic carbocycles. The zero-order chi connectivity index (χ0) is 13.9. The molecule has 1 aliphatic rings. The van der Waals surface area contributed by atoms with Crippen LogP contribution in [0.1, 0.15) is 27.2 Å². The van der Waals surface area contributed by atoms with Gasteiger partial charge in [-0.25, -0.2) is 4.79 Å². The molecule has 19 heavy (non-hydrogen) atoms. The van der Waals surface area contributed by atoms with Crippen LogP contribution in [-0.4, -0.2) is 30.2 Å². The van der Waals surface area contributed by atoms with Crippen LogP contribution < -0.4 is 4.74 Å². The number of rotatable bonds is 3. The summed E-state index contributed by atoms with van der Waals surface area (Å²) in [4.78, 5) is 17.1. The highest BCUT2D eigenvalue weighted by molar-refractivity contribution is 5.75. The maximum Gasteiger partial charge on any atom is 0.330 e. The first kappa shape index (κ1) is 13.9. The fraction of sp³-hybridized carbons (Fsp3) is 0.533. The summed E-state index contributed by atoms with van der Waals surface area (Å²) in [6.07, 6.45) is 0.946. The Bertz CT molecular complexity index is 425. The lowest BCUT2D eigenvalue weighted by atomic mass is 9.98. The van der Waals surface area contributed by atoms with Crippen molar-refractivity contribution in [3.8, 4) is 5.75 Å². The monoisotopic (exact) mass is 263 g/mol. The van der Waals surface area contributed by atoms with Gasteiger partial charge in [-0.1, -0.05) is 18.2 Å². The van der Waals surface area contributed by atoms with Gasteiger partial charge in [-0.05, 0) is 32.9 Å². The van der Waals surface area contributed by atoms with Crippen molar-refractivity contribution in [3.05, 3.63) is 30.3 Å². The molecule has 1 aromatic carbocycles. The largest absolute Gasteiger partial charge is 0.489 e. The van der Waals surface area contributed by atoms with Crippen molar-refractivity contribution in [2.75, 3.05) is 13.1 Å². The van der Waals surface area contributed by atoms with E-state index in [1.165, 1.54) is 0 Å². The Morgan fingerprint density at radius 2 is 1.95 bits per heavy atom. The molecule has 1 aliphatic heterocycles. The summed E-state index contributed by atoms with van der Waals surface area (Å²) in [5, 5.41) is 1.70. The van der Waals surface area contributed by atoms with Crippen LogP contribution in [0.4, 0.5) is 0 Å².